The van der Waals surface area contributed by atoms with Crippen LogP contribution in [0.15, 0.2) is 0 Å². The molecule has 1 atom stereocenters. The van der Waals surface area contributed by atoms with Crippen molar-refractivity contribution >= 4 is 22.4 Å². The first kappa shape index (κ1) is 15.3. The lowest BCUT2D eigenvalue weighted by Crippen LogP contribution is -2.24. The zero-order valence-corrected chi connectivity index (χ0v) is 13.6. The first-order valence-corrected chi connectivity index (χ1v) is 8.15. The summed E-state index contributed by atoms with van der Waals surface area (Å²) in [5.41, 5.74) is 0.470. The van der Waals surface area contributed by atoms with Crippen molar-refractivity contribution in [3.05, 3.63) is 10.6 Å². The van der Waals surface area contributed by atoms with Crippen LogP contribution in [0.3, 0.4) is 0 Å². The molecule has 0 aromatic carbocycles. The summed E-state index contributed by atoms with van der Waals surface area (Å²) in [5.74, 6) is 1.22. The van der Waals surface area contributed by atoms with E-state index < -0.39 is 0 Å². The SMILES string of the molecule is COC(=O)c1nc(N2CCCC(C(C)C)CC2)sc1C. The summed E-state index contributed by atoms with van der Waals surface area (Å²) in [4.78, 5) is 19.4. The van der Waals surface area contributed by atoms with Crippen molar-refractivity contribution in [1.29, 1.82) is 0 Å². The number of methoxy groups -OCH3 is 1. The number of esters is 1. The highest BCUT2D eigenvalue weighted by Gasteiger charge is 2.23. The second kappa shape index (κ2) is 6.57. The van der Waals surface area contributed by atoms with Gasteiger partial charge in [0.2, 0.25) is 0 Å². The van der Waals surface area contributed by atoms with Gasteiger partial charge in [-0.15, -0.1) is 11.3 Å². The molecule has 1 aromatic rings. The molecule has 0 spiro atoms. The molecule has 20 heavy (non-hydrogen) atoms. The number of thiazole rings is 1. The Labute approximate surface area is 125 Å². The fourth-order valence-corrected chi connectivity index (χ4v) is 3.73. The third-order valence-corrected chi connectivity index (χ3v) is 5.18. The summed E-state index contributed by atoms with van der Waals surface area (Å²) < 4.78 is 4.78. The topological polar surface area (TPSA) is 42.4 Å². The number of anilines is 1. The van der Waals surface area contributed by atoms with Crippen molar-refractivity contribution in [3.8, 4) is 0 Å². The fraction of sp³-hybridized carbons (Fsp3) is 0.733. The van der Waals surface area contributed by atoms with Gasteiger partial charge in [0.25, 0.3) is 0 Å². The molecule has 112 valence electrons. The molecule has 4 nitrogen and oxygen atoms in total. The minimum absolute atomic E-state index is 0.333. The van der Waals surface area contributed by atoms with Gasteiger partial charge >= 0.3 is 5.97 Å². The predicted octanol–water partition coefficient (Wildman–Crippen LogP) is 3.50. The minimum Gasteiger partial charge on any atom is -0.464 e. The van der Waals surface area contributed by atoms with E-state index in [0.29, 0.717) is 5.69 Å². The van der Waals surface area contributed by atoms with Gasteiger partial charge in [0, 0.05) is 18.0 Å². The molecule has 1 saturated heterocycles. The summed E-state index contributed by atoms with van der Waals surface area (Å²) in [6, 6.07) is 0. The van der Waals surface area contributed by atoms with Gasteiger partial charge in [-0.1, -0.05) is 13.8 Å². The molecule has 2 heterocycles. The van der Waals surface area contributed by atoms with Gasteiger partial charge in [-0.25, -0.2) is 9.78 Å². The standard InChI is InChI=1S/C15H24N2O2S/c1-10(2)12-6-5-8-17(9-7-12)15-16-13(11(3)20-15)14(18)19-4/h10,12H,5-9H2,1-4H3. The van der Waals surface area contributed by atoms with Crippen LogP contribution in [-0.2, 0) is 4.74 Å². The van der Waals surface area contributed by atoms with Crippen LogP contribution in [0.25, 0.3) is 0 Å². The average molecular weight is 296 g/mol. The maximum absolute atomic E-state index is 11.6. The van der Waals surface area contributed by atoms with Crippen LogP contribution in [-0.4, -0.2) is 31.2 Å². The molecule has 5 heteroatoms. The normalized spacial score (nSPS) is 20.1. The van der Waals surface area contributed by atoms with E-state index in [-0.39, 0.29) is 5.97 Å². The van der Waals surface area contributed by atoms with Crippen molar-refractivity contribution in [3.63, 3.8) is 0 Å². The van der Waals surface area contributed by atoms with Gasteiger partial charge in [0.15, 0.2) is 10.8 Å². The number of ether oxygens (including phenoxy) is 1. The molecule has 0 radical (unpaired) electrons. The van der Waals surface area contributed by atoms with E-state index in [9.17, 15) is 4.79 Å². The number of aromatic nitrogens is 1. The van der Waals surface area contributed by atoms with Gasteiger partial charge in [-0.05, 0) is 38.0 Å². The average Bonchev–Trinajstić information content (AvgIpc) is 2.65. The number of nitrogens with zero attached hydrogens (tertiary/aromatic N) is 2. The van der Waals surface area contributed by atoms with Crippen LogP contribution in [0, 0.1) is 18.8 Å². The Kier molecular flexibility index (Phi) is 5.02. The molecule has 1 fully saturated rings. The Morgan fingerprint density at radius 1 is 1.40 bits per heavy atom. The van der Waals surface area contributed by atoms with Crippen LogP contribution in [0.2, 0.25) is 0 Å². The molecule has 0 bridgehead atoms. The zero-order valence-electron chi connectivity index (χ0n) is 12.8. The van der Waals surface area contributed by atoms with E-state index >= 15 is 0 Å². The first-order valence-electron chi connectivity index (χ1n) is 7.33. The fourth-order valence-electron chi connectivity index (χ4n) is 2.78. The summed E-state index contributed by atoms with van der Waals surface area (Å²) >= 11 is 1.60. The Hall–Kier alpha value is -1.10. The molecule has 1 unspecified atom stereocenters. The van der Waals surface area contributed by atoms with Crippen molar-refractivity contribution in [1.82, 2.24) is 4.98 Å². The van der Waals surface area contributed by atoms with E-state index in [1.54, 1.807) is 11.3 Å². The minimum atomic E-state index is -0.333. The Bertz CT molecular complexity index is 470. The molecular weight excluding hydrogens is 272 g/mol. The predicted molar refractivity (Wildman–Crippen MR) is 82.6 cm³/mol. The van der Waals surface area contributed by atoms with Gasteiger partial charge in [0.1, 0.15) is 0 Å². The Morgan fingerprint density at radius 2 is 2.15 bits per heavy atom. The van der Waals surface area contributed by atoms with Gasteiger partial charge in [0.05, 0.1) is 7.11 Å². The maximum atomic E-state index is 11.6. The second-order valence-corrected chi connectivity index (χ2v) is 7.00. The second-order valence-electron chi connectivity index (χ2n) is 5.81. The van der Waals surface area contributed by atoms with Crippen molar-refractivity contribution in [2.24, 2.45) is 11.8 Å². The maximum Gasteiger partial charge on any atom is 0.357 e. The van der Waals surface area contributed by atoms with Gasteiger partial charge in [-0.2, -0.15) is 0 Å². The lowest BCUT2D eigenvalue weighted by molar-refractivity contribution is 0.0594. The molecule has 0 N–H and O–H groups in total. The summed E-state index contributed by atoms with van der Waals surface area (Å²) in [5, 5.41) is 0.965. The molecule has 1 aliphatic heterocycles. The third-order valence-electron chi connectivity index (χ3n) is 4.15. The van der Waals surface area contributed by atoms with Gasteiger partial charge < -0.3 is 9.64 Å². The third kappa shape index (κ3) is 3.32. The van der Waals surface area contributed by atoms with Crippen molar-refractivity contribution in [2.45, 2.75) is 40.0 Å². The lowest BCUT2D eigenvalue weighted by Gasteiger charge is -2.20. The summed E-state index contributed by atoms with van der Waals surface area (Å²) in [6.07, 6.45) is 3.71. The summed E-state index contributed by atoms with van der Waals surface area (Å²) in [7, 11) is 1.40. The van der Waals surface area contributed by atoms with Crippen LogP contribution in [0.5, 0.6) is 0 Å². The van der Waals surface area contributed by atoms with E-state index in [4.69, 9.17) is 4.74 Å². The first-order chi connectivity index (χ1) is 9.52. The van der Waals surface area contributed by atoms with E-state index in [1.165, 1.54) is 26.4 Å². The molecule has 0 amide bonds. The van der Waals surface area contributed by atoms with Crippen molar-refractivity contribution in [2.75, 3.05) is 25.1 Å². The monoisotopic (exact) mass is 296 g/mol. The molecule has 0 saturated carbocycles. The van der Waals surface area contributed by atoms with Crippen LogP contribution >= 0.6 is 11.3 Å². The Balaban J connectivity index is 2.10. The molecule has 0 aliphatic carbocycles. The van der Waals surface area contributed by atoms with E-state index in [2.05, 4.69) is 23.7 Å². The lowest BCUT2D eigenvalue weighted by atomic mass is 9.89. The van der Waals surface area contributed by atoms with Gasteiger partial charge in [-0.3, -0.25) is 0 Å². The zero-order chi connectivity index (χ0) is 14.7. The number of hydrogen-bond acceptors (Lipinski definition) is 5. The Morgan fingerprint density at radius 3 is 2.80 bits per heavy atom. The number of carbonyl (C=O) groups excluding carboxylic acids is 1. The highest BCUT2D eigenvalue weighted by molar-refractivity contribution is 7.15. The molecular formula is C15H24N2O2S. The highest BCUT2D eigenvalue weighted by atomic mass is 32.1. The van der Waals surface area contributed by atoms with Crippen molar-refractivity contribution < 1.29 is 9.53 Å². The van der Waals surface area contributed by atoms with Crippen LogP contribution < -0.4 is 4.90 Å². The number of aryl methyl sites for hydroxylation is 1. The van der Waals surface area contributed by atoms with Crippen LogP contribution in [0.1, 0.15) is 48.5 Å². The number of carbonyl (C=O) groups is 1. The highest BCUT2D eigenvalue weighted by Crippen LogP contribution is 2.31. The molecule has 1 aromatic heterocycles. The largest absolute Gasteiger partial charge is 0.464 e. The molecule has 2 rings (SSSR count). The number of hydrogen-bond donors (Lipinski definition) is 0. The molecule has 1 aliphatic rings. The number of rotatable bonds is 3. The summed E-state index contributed by atoms with van der Waals surface area (Å²) in [6.45, 7) is 8.63. The van der Waals surface area contributed by atoms with Crippen LogP contribution in [0.4, 0.5) is 5.13 Å². The smallest absolute Gasteiger partial charge is 0.357 e. The quantitative estimate of drug-likeness (QED) is 0.801. The van der Waals surface area contributed by atoms with E-state index in [1.807, 2.05) is 6.92 Å². The van der Waals surface area contributed by atoms with E-state index in [0.717, 1.165) is 34.9 Å².